The molecule has 0 atom stereocenters. The SMILES string of the molecule is COc1ccc(OC)c(-c2csc(=Nc3ccc(F)cc3)n2N=C2CCc3ccccc32)c1. The van der Waals surface area contributed by atoms with Crippen molar-refractivity contribution < 1.29 is 13.9 Å². The highest BCUT2D eigenvalue weighted by Gasteiger charge is 2.20. The molecule has 1 aliphatic carbocycles. The van der Waals surface area contributed by atoms with E-state index in [1.54, 1.807) is 26.4 Å². The zero-order valence-corrected chi connectivity index (χ0v) is 19.1. The molecule has 0 unspecified atom stereocenters. The summed E-state index contributed by atoms with van der Waals surface area (Å²) < 4.78 is 26.3. The van der Waals surface area contributed by atoms with Crippen LogP contribution in [0.1, 0.15) is 17.5 Å². The first-order chi connectivity index (χ1) is 16.2. The summed E-state index contributed by atoms with van der Waals surface area (Å²) in [5.41, 5.74) is 5.81. The Kier molecular flexibility index (Phi) is 5.79. The smallest absolute Gasteiger partial charge is 0.211 e. The fraction of sp³-hybridized carbons (Fsp3) is 0.154. The van der Waals surface area contributed by atoms with Crippen LogP contribution in [0.25, 0.3) is 11.3 Å². The van der Waals surface area contributed by atoms with Gasteiger partial charge in [0.2, 0.25) is 4.80 Å². The van der Waals surface area contributed by atoms with Crippen LogP contribution in [-0.2, 0) is 6.42 Å². The second kappa shape index (κ2) is 9.03. The van der Waals surface area contributed by atoms with Gasteiger partial charge in [0.05, 0.1) is 31.3 Å². The first kappa shape index (κ1) is 21.2. The monoisotopic (exact) mass is 459 g/mol. The van der Waals surface area contributed by atoms with Gasteiger partial charge in [-0.25, -0.2) is 14.1 Å². The lowest BCUT2D eigenvalue weighted by atomic mass is 10.1. The number of methoxy groups -OCH3 is 2. The minimum atomic E-state index is -0.294. The van der Waals surface area contributed by atoms with Crippen LogP contribution in [0.15, 0.2) is 82.2 Å². The van der Waals surface area contributed by atoms with E-state index in [4.69, 9.17) is 19.6 Å². The standard InChI is InChI=1S/C26H22FN3O2S/c1-31-20-12-14-25(32-2)22(15-20)24-16-33-26(28-19-10-8-18(27)9-11-19)30(24)29-23-13-7-17-5-3-4-6-21(17)23/h3-6,8-12,14-16H,7,13H2,1-2H3. The lowest BCUT2D eigenvalue weighted by Gasteiger charge is -2.11. The highest BCUT2D eigenvalue weighted by Crippen LogP contribution is 2.34. The van der Waals surface area contributed by atoms with Gasteiger partial charge in [-0.3, -0.25) is 0 Å². The first-order valence-electron chi connectivity index (χ1n) is 10.6. The number of ether oxygens (including phenoxy) is 2. The van der Waals surface area contributed by atoms with Gasteiger partial charge in [-0.05, 0) is 60.9 Å². The number of aryl methyl sites for hydroxylation is 1. The summed E-state index contributed by atoms with van der Waals surface area (Å²) in [5.74, 6) is 1.14. The molecule has 0 fully saturated rings. The molecule has 1 aliphatic rings. The minimum absolute atomic E-state index is 0.294. The fourth-order valence-electron chi connectivity index (χ4n) is 3.93. The Morgan fingerprint density at radius 3 is 2.52 bits per heavy atom. The number of fused-ring (bicyclic) bond motifs is 1. The van der Waals surface area contributed by atoms with Gasteiger partial charge >= 0.3 is 0 Å². The highest BCUT2D eigenvalue weighted by atomic mass is 32.1. The van der Waals surface area contributed by atoms with Crippen molar-refractivity contribution in [3.05, 3.63) is 93.9 Å². The number of hydrogen-bond acceptors (Lipinski definition) is 5. The van der Waals surface area contributed by atoms with E-state index in [0.29, 0.717) is 16.2 Å². The van der Waals surface area contributed by atoms with Crippen molar-refractivity contribution in [2.45, 2.75) is 12.8 Å². The molecule has 0 spiro atoms. The third-order valence-corrected chi connectivity index (χ3v) is 6.42. The largest absolute Gasteiger partial charge is 0.497 e. The maximum Gasteiger partial charge on any atom is 0.211 e. The summed E-state index contributed by atoms with van der Waals surface area (Å²) in [7, 11) is 3.28. The minimum Gasteiger partial charge on any atom is -0.497 e. The zero-order valence-electron chi connectivity index (χ0n) is 18.3. The van der Waals surface area contributed by atoms with Gasteiger partial charge in [0.15, 0.2) is 0 Å². The topological polar surface area (TPSA) is 48.1 Å². The van der Waals surface area contributed by atoms with Crippen LogP contribution in [0.5, 0.6) is 11.5 Å². The third-order valence-electron chi connectivity index (χ3n) is 5.60. The summed E-state index contributed by atoms with van der Waals surface area (Å²) in [5, 5.41) is 7.06. The summed E-state index contributed by atoms with van der Waals surface area (Å²) in [6, 6.07) is 20.1. The number of nitrogens with zero attached hydrogens (tertiary/aromatic N) is 3. The Balaban J connectivity index is 1.73. The molecule has 1 heterocycles. The molecular weight excluding hydrogens is 437 g/mol. The Bertz CT molecular complexity index is 1400. The molecule has 0 aliphatic heterocycles. The van der Waals surface area contributed by atoms with Crippen LogP contribution in [0.3, 0.4) is 0 Å². The van der Waals surface area contributed by atoms with Crippen molar-refractivity contribution in [1.82, 2.24) is 4.68 Å². The van der Waals surface area contributed by atoms with Crippen molar-refractivity contribution in [3.8, 4) is 22.8 Å². The Morgan fingerprint density at radius 2 is 1.73 bits per heavy atom. The fourth-order valence-corrected chi connectivity index (χ4v) is 4.77. The van der Waals surface area contributed by atoms with Gasteiger partial charge in [0.1, 0.15) is 17.3 Å². The Morgan fingerprint density at radius 1 is 0.909 bits per heavy atom. The van der Waals surface area contributed by atoms with Gasteiger partial charge < -0.3 is 9.47 Å². The van der Waals surface area contributed by atoms with Gasteiger partial charge in [-0.1, -0.05) is 24.3 Å². The molecule has 1 aromatic heterocycles. The average molecular weight is 460 g/mol. The van der Waals surface area contributed by atoms with Crippen molar-refractivity contribution >= 4 is 22.7 Å². The molecule has 166 valence electrons. The van der Waals surface area contributed by atoms with Crippen LogP contribution in [0, 0.1) is 5.82 Å². The van der Waals surface area contributed by atoms with Gasteiger partial charge in [0.25, 0.3) is 0 Å². The number of thiazole rings is 1. The van der Waals surface area contributed by atoms with E-state index in [0.717, 1.165) is 41.1 Å². The van der Waals surface area contributed by atoms with Crippen molar-refractivity contribution in [2.75, 3.05) is 14.2 Å². The second-order valence-corrected chi connectivity index (χ2v) is 8.41. The van der Waals surface area contributed by atoms with Crippen LogP contribution in [-0.4, -0.2) is 24.6 Å². The number of rotatable bonds is 5. The summed E-state index contributed by atoms with van der Waals surface area (Å²) in [6.45, 7) is 0. The average Bonchev–Trinajstić information content (AvgIpc) is 3.44. The Hall–Kier alpha value is -3.71. The van der Waals surface area contributed by atoms with E-state index < -0.39 is 0 Å². The maximum absolute atomic E-state index is 13.4. The molecule has 33 heavy (non-hydrogen) atoms. The van der Waals surface area contributed by atoms with Crippen LogP contribution in [0.2, 0.25) is 0 Å². The van der Waals surface area contributed by atoms with Crippen LogP contribution >= 0.6 is 11.3 Å². The zero-order chi connectivity index (χ0) is 22.8. The van der Waals surface area contributed by atoms with Crippen molar-refractivity contribution in [2.24, 2.45) is 10.1 Å². The van der Waals surface area contributed by atoms with E-state index in [1.807, 2.05) is 34.3 Å². The predicted octanol–water partition coefficient (Wildman–Crippen LogP) is 5.80. The normalized spacial score (nSPS) is 14.5. The van der Waals surface area contributed by atoms with Crippen LogP contribution in [0.4, 0.5) is 10.1 Å². The maximum atomic E-state index is 13.4. The quantitative estimate of drug-likeness (QED) is 0.378. The van der Waals surface area contributed by atoms with E-state index >= 15 is 0 Å². The second-order valence-electron chi connectivity index (χ2n) is 7.57. The third kappa shape index (κ3) is 4.19. The lowest BCUT2D eigenvalue weighted by molar-refractivity contribution is 0.404. The first-order valence-corrected chi connectivity index (χ1v) is 11.4. The number of benzene rings is 3. The molecule has 3 aromatic carbocycles. The Labute approximate surface area is 195 Å². The molecule has 0 radical (unpaired) electrons. The summed E-state index contributed by atoms with van der Waals surface area (Å²) in [6.07, 6.45) is 1.81. The summed E-state index contributed by atoms with van der Waals surface area (Å²) >= 11 is 1.47. The highest BCUT2D eigenvalue weighted by molar-refractivity contribution is 7.07. The molecule has 0 saturated carbocycles. The molecule has 0 amide bonds. The number of aromatic nitrogens is 1. The van der Waals surface area contributed by atoms with Gasteiger partial charge in [0, 0.05) is 16.5 Å². The van der Waals surface area contributed by atoms with E-state index in [9.17, 15) is 4.39 Å². The van der Waals surface area contributed by atoms with Gasteiger partial charge in [-0.2, -0.15) is 5.10 Å². The van der Waals surface area contributed by atoms with E-state index in [-0.39, 0.29) is 5.82 Å². The van der Waals surface area contributed by atoms with Crippen molar-refractivity contribution in [1.29, 1.82) is 0 Å². The lowest BCUT2D eigenvalue weighted by Crippen LogP contribution is -2.14. The molecule has 0 saturated heterocycles. The van der Waals surface area contributed by atoms with Gasteiger partial charge in [-0.15, -0.1) is 11.3 Å². The van der Waals surface area contributed by atoms with E-state index in [1.165, 1.54) is 29.0 Å². The number of halogens is 1. The molecule has 5 rings (SSSR count). The molecule has 7 heteroatoms. The van der Waals surface area contributed by atoms with Crippen LogP contribution < -0.4 is 14.3 Å². The molecular formula is C26H22FN3O2S. The summed E-state index contributed by atoms with van der Waals surface area (Å²) in [4.78, 5) is 5.44. The van der Waals surface area contributed by atoms with Crippen molar-refractivity contribution in [3.63, 3.8) is 0 Å². The predicted molar refractivity (Wildman–Crippen MR) is 129 cm³/mol. The molecule has 5 nitrogen and oxygen atoms in total. The molecule has 0 bridgehead atoms. The molecule has 0 N–H and O–H groups in total. The number of hydrogen-bond donors (Lipinski definition) is 0. The van der Waals surface area contributed by atoms with E-state index in [2.05, 4.69) is 18.2 Å². The molecule has 4 aromatic rings.